The van der Waals surface area contributed by atoms with E-state index in [4.69, 9.17) is 4.74 Å². The van der Waals surface area contributed by atoms with Crippen LogP contribution >= 0.6 is 0 Å². The standard InChI is InChI=1S/C10H21NO/c1-5-11(6-2)8-7-9-12-10(3)4/h3,5-9H2,1-2,4H3. The predicted octanol–water partition coefficient (Wildman–Crippen LogP) is 2.27. The maximum Gasteiger partial charge on any atom is 0.0889 e. The molecule has 12 heavy (non-hydrogen) atoms. The van der Waals surface area contributed by atoms with Gasteiger partial charge in [-0.3, -0.25) is 0 Å². The van der Waals surface area contributed by atoms with E-state index in [1.807, 2.05) is 6.92 Å². The minimum atomic E-state index is 0.797. The van der Waals surface area contributed by atoms with Crippen molar-refractivity contribution < 1.29 is 4.74 Å². The summed E-state index contributed by atoms with van der Waals surface area (Å²) < 4.78 is 5.26. The second-order valence-electron chi connectivity index (χ2n) is 2.93. The first-order chi connectivity index (χ1) is 5.70. The minimum absolute atomic E-state index is 0.797. The van der Waals surface area contributed by atoms with Crippen LogP contribution in [0.2, 0.25) is 0 Å². The molecule has 0 radical (unpaired) electrons. The van der Waals surface area contributed by atoms with Crippen LogP contribution in [0.3, 0.4) is 0 Å². The zero-order valence-corrected chi connectivity index (χ0v) is 8.60. The summed E-state index contributed by atoms with van der Waals surface area (Å²) in [6.07, 6.45) is 1.09. The average Bonchev–Trinajstić information content (AvgIpc) is 2.04. The van der Waals surface area contributed by atoms with Crippen LogP contribution in [0.25, 0.3) is 0 Å². The molecule has 0 atom stereocenters. The van der Waals surface area contributed by atoms with Crippen molar-refractivity contribution in [3.63, 3.8) is 0 Å². The largest absolute Gasteiger partial charge is 0.499 e. The van der Waals surface area contributed by atoms with Crippen molar-refractivity contribution in [1.82, 2.24) is 4.90 Å². The van der Waals surface area contributed by atoms with Crippen LogP contribution < -0.4 is 0 Å². The lowest BCUT2D eigenvalue weighted by atomic mass is 10.4. The van der Waals surface area contributed by atoms with Crippen LogP contribution in [0.15, 0.2) is 12.3 Å². The molecule has 0 amide bonds. The molecule has 0 fully saturated rings. The summed E-state index contributed by atoms with van der Waals surface area (Å²) >= 11 is 0. The molecule has 0 aromatic carbocycles. The van der Waals surface area contributed by atoms with E-state index in [-0.39, 0.29) is 0 Å². The molecule has 0 unspecified atom stereocenters. The van der Waals surface area contributed by atoms with E-state index in [9.17, 15) is 0 Å². The monoisotopic (exact) mass is 171 g/mol. The van der Waals surface area contributed by atoms with Crippen LogP contribution in [0.5, 0.6) is 0 Å². The minimum Gasteiger partial charge on any atom is -0.499 e. The molecule has 72 valence electrons. The molecular formula is C10H21NO. The van der Waals surface area contributed by atoms with Crippen LogP contribution in [0, 0.1) is 0 Å². The Morgan fingerprint density at radius 3 is 2.33 bits per heavy atom. The molecule has 0 rings (SSSR count). The Balaban J connectivity index is 3.23. The molecule has 0 saturated heterocycles. The van der Waals surface area contributed by atoms with E-state index in [0.29, 0.717) is 0 Å². The van der Waals surface area contributed by atoms with E-state index >= 15 is 0 Å². The zero-order valence-electron chi connectivity index (χ0n) is 8.60. The van der Waals surface area contributed by atoms with Gasteiger partial charge in [-0.1, -0.05) is 20.4 Å². The fraction of sp³-hybridized carbons (Fsp3) is 0.800. The Kier molecular flexibility index (Phi) is 6.87. The van der Waals surface area contributed by atoms with Crippen molar-refractivity contribution >= 4 is 0 Å². The summed E-state index contributed by atoms with van der Waals surface area (Å²) in [6.45, 7) is 14.1. The molecule has 0 heterocycles. The van der Waals surface area contributed by atoms with E-state index in [1.165, 1.54) is 0 Å². The molecule has 0 N–H and O–H groups in total. The number of hydrogen-bond donors (Lipinski definition) is 0. The summed E-state index contributed by atoms with van der Waals surface area (Å²) in [5.41, 5.74) is 0. The van der Waals surface area contributed by atoms with E-state index < -0.39 is 0 Å². The highest BCUT2D eigenvalue weighted by Gasteiger charge is 1.97. The topological polar surface area (TPSA) is 12.5 Å². The first-order valence-electron chi connectivity index (χ1n) is 4.71. The number of nitrogens with zero attached hydrogens (tertiary/aromatic N) is 1. The van der Waals surface area contributed by atoms with Gasteiger partial charge in [0.15, 0.2) is 0 Å². The second-order valence-corrected chi connectivity index (χ2v) is 2.93. The lowest BCUT2D eigenvalue weighted by Crippen LogP contribution is -2.24. The normalized spacial score (nSPS) is 10.3. The van der Waals surface area contributed by atoms with Gasteiger partial charge in [-0.25, -0.2) is 0 Å². The highest BCUT2D eigenvalue weighted by molar-refractivity contribution is 4.73. The fourth-order valence-electron chi connectivity index (χ4n) is 1.07. The van der Waals surface area contributed by atoms with E-state index in [1.54, 1.807) is 0 Å². The Bertz CT molecular complexity index is 119. The van der Waals surface area contributed by atoms with Crippen LogP contribution in [0.1, 0.15) is 27.2 Å². The van der Waals surface area contributed by atoms with Gasteiger partial charge in [0.2, 0.25) is 0 Å². The molecule has 0 aliphatic rings. The summed E-state index contributed by atoms with van der Waals surface area (Å²) in [5, 5.41) is 0. The Labute approximate surface area is 76.2 Å². The zero-order chi connectivity index (χ0) is 9.40. The number of hydrogen-bond acceptors (Lipinski definition) is 2. The fourth-order valence-corrected chi connectivity index (χ4v) is 1.07. The molecule has 0 aromatic heterocycles. The SMILES string of the molecule is C=C(C)OCCCN(CC)CC. The quantitative estimate of drug-likeness (QED) is 0.430. The van der Waals surface area contributed by atoms with E-state index in [0.717, 1.165) is 38.4 Å². The number of rotatable bonds is 7. The molecule has 0 saturated carbocycles. The first kappa shape index (κ1) is 11.5. The number of ether oxygens (including phenoxy) is 1. The lowest BCUT2D eigenvalue weighted by Gasteiger charge is -2.17. The van der Waals surface area contributed by atoms with Crippen LogP contribution in [0.4, 0.5) is 0 Å². The van der Waals surface area contributed by atoms with Gasteiger partial charge in [-0.2, -0.15) is 0 Å². The third-order valence-corrected chi connectivity index (χ3v) is 1.86. The van der Waals surface area contributed by atoms with Crippen LogP contribution in [-0.2, 0) is 4.74 Å². The van der Waals surface area contributed by atoms with Gasteiger partial charge in [0.25, 0.3) is 0 Å². The second kappa shape index (κ2) is 7.17. The van der Waals surface area contributed by atoms with Crippen LogP contribution in [-0.4, -0.2) is 31.1 Å². The smallest absolute Gasteiger partial charge is 0.0889 e. The summed E-state index contributed by atoms with van der Waals surface area (Å²) in [5.74, 6) is 0.814. The molecule has 0 aliphatic heterocycles. The molecule has 0 aliphatic carbocycles. The average molecular weight is 171 g/mol. The van der Waals surface area contributed by atoms with Crippen molar-refractivity contribution in [2.24, 2.45) is 0 Å². The van der Waals surface area contributed by atoms with Gasteiger partial charge < -0.3 is 9.64 Å². The van der Waals surface area contributed by atoms with Gasteiger partial charge in [0, 0.05) is 6.54 Å². The van der Waals surface area contributed by atoms with Gasteiger partial charge in [-0.05, 0) is 26.4 Å². The highest BCUT2D eigenvalue weighted by atomic mass is 16.5. The van der Waals surface area contributed by atoms with Crippen molar-refractivity contribution in [1.29, 1.82) is 0 Å². The third kappa shape index (κ3) is 6.23. The first-order valence-corrected chi connectivity index (χ1v) is 4.71. The van der Waals surface area contributed by atoms with Gasteiger partial charge in [0.1, 0.15) is 0 Å². The maximum atomic E-state index is 5.26. The van der Waals surface area contributed by atoms with Crippen molar-refractivity contribution in [2.75, 3.05) is 26.2 Å². The maximum absolute atomic E-state index is 5.26. The van der Waals surface area contributed by atoms with E-state index in [2.05, 4.69) is 25.3 Å². The molecule has 0 spiro atoms. The van der Waals surface area contributed by atoms with Gasteiger partial charge in [-0.15, -0.1) is 0 Å². The Morgan fingerprint density at radius 1 is 1.33 bits per heavy atom. The summed E-state index contributed by atoms with van der Waals surface area (Å²) in [6, 6.07) is 0. The summed E-state index contributed by atoms with van der Waals surface area (Å²) in [4.78, 5) is 2.39. The third-order valence-electron chi connectivity index (χ3n) is 1.86. The van der Waals surface area contributed by atoms with Crippen molar-refractivity contribution in [2.45, 2.75) is 27.2 Å². The highest BCUT2D eigenvalue weighted by Crippen LogP contribution is 1.95. The Morgan fingerprint density at radius 2 is 1.92 bits per heavy atom. The van der Waals surface area contributed by atoms with Gasteiger partial charge >= 0.3 is 0 Å². The molecule has 2 nitrogen and oxygen atoms in total. The number of allylic oxidation sites excluding steroid dienone is 1. The molecular weight excluding hydrogens is 150 g/mol. The summed E-state index contributed by atoms with van der Waals surface area (Å²) in [7, 11) is 0. The van der Waals surface area contributed by atoms with Crippen molar-refractivity contribution in [3.8, 4) is 0 Å². The lowest BCUT2D eigenvalue weighted by molar-refractivity contribution is 0.189. The van der Waals surface area contributed by atoms with Crippen molar-refractivity contribution in [3.05, 3.63) is 12.3 Å². The molecule has 2 heteroatoms. The molecule has 0 aromatic rings. The Hall–Kier alpha value is -0.500. The van der Waals surface area contributed by atoms with Gasteiger partial charge in [0.05, 0.1) is 12.4 Å². The molecule has 0 bridgehead atoms. The predicted molar refractivity (Wildman–Crippen MR) is 53.2 cm³/mol.